The predicted octanol–water partition coefficient (Wildman–Crippen LogP) is 4.10. The lowest BCUT2D eigenvalue weighted by Gasteiger charge is -2.28. The van der Waals surface area contributed by atoms with E-state index in [2.05, 4.69) is 59.7 Å². The minimum absolute atomic E-state index is 0.0286. The van der Waals surface area contributed by atoms with Crippen LogP contribution >= 0.6 is 23.1 Å². The molecule has 0 saturated heterocycles. The second-order valence-corrected chi connectivity index (χ2v) is 8.25. The number of hydrogen-bond acceptors (Lipinski definition) is 5. The third kappa shape index (κ3) is 3.67. The van der Waals surface area contributed by atoms with E-state index in [1.165, 1.54) is 21.1 Å². The van der Waals surface area contributed by atoms with Crippen molar-refractivity contribution in [3.8, 4) is 0 Å². The number of allylic oxidation sites excluding steroid dienone is 2. The maximum absolute atomic E-state index is 12.2. The molecule has 2 atom stereocenters. The van der Waals surface area contributed by atoms with Crippen LogP contribution < -0.4 is 10.9 Å². The van der Waals surface area contributed by atoms with Gasteiger partial charge >= 0.3 is 0 Å². The summed E-state index contributed by atoms with van der Waals surface area (Å²) in [5, 5.41) is 5.48. The van der Waals surface area contributed by atoms with Crippen LogP contribution in [-0.4, -0.2) is 15.4 Å². The van der Waals surface area contributed by atoms with Crippen LogP contribution in [0, 0.1) is 5.92 Å². The number of aromatic nitrogens is 2. The molecule has 0 amide bonds. The molecular formula is C20H19N3OS2. The molecule has 1 aromatic carbocycles. The predicted molar refractivity (Wildman–Crippen MR) is 109 cm³/mol. The number of hydrogen-bond donors (Lipinski definition) is 1. The number of nitrogens with one attached hydrogen (secondary N) is 1. The second-order valence-electron chi connectivity index (χ2n) is 6.23. The first kappa shape index (κ1) is 17.3. The first-order valence-electron chi connectivity index (χ1n) is 8.51. The van der Waals surface area contributed by atoms with Crippen LogP contribution in [0.25, 0.3) is 4.96 Å². The lowest BCUT2D eigenvalue weighted by atomic mass is 9.97. The maximum atomic E-state index is 12.2. The van der Waals surface area contributed by atoms with E-state index in [1.54, 1.807) is 28.4 Å². The smallest absolute Gasteiger partial charge is 0.258 e. The van der Waals surface area contributed by atoms with E-state index in [-0.39, 0.29) is 11.6 Å². The van der Waals surface area contributed by atoms with E-state index in [4.69, 9.17) is 0 Å². The fourth-order valence-electron chi connectivity index (χ4n) is 3.00. The quantitative estimate of drug-likeness (QED) is 0.723. The Morgan fingerprint density at radius 2 is 2.15 bits per heavy atom. The van der Waals surface area contributed by atoms with Crippen molar-refractivity contribution in [2.45, 2.75) is 24.4 Å². The molecule has 26 heavy (non-hydrogen) atoms. The van der Waals surface area contributed by atoms with Gasteiger partial charge in [0.2, 0.25) is 0 Å². The van der Waals surface area contributed by atoms with Crippen molar-refractivity contribution in [2.24, 2.45) is 5.92 Å². The molecule has 3 aromatic rings. The highest BCUT2D eigenvalue weighted by molar-refractivity contribution is 8.03. The van der Waals surface area contributed by atoms with Crippen molar-refractivity contribution >= 4 is 28.1 Å². The lowest BCUT2D eigenvalue weighted by Crippen LogP contribution is -2.36. The van der Waals surface area contributed by atoms with Gasteiger partial charge in [-0.3, -0.25) is 9.20 Å². The van der Waals surface area contributed by atoms with Gasteiger partial charge in [0.15, 0.2) is 4.96 Å². The van der Waals surface area contributed by atoms with Crippen molar-refractivity contribution in [1.82, 2.24) is 14.7 Å². The average Bonchev–Trinajstić information content (AvgIpc) is 3.11. The Bertz CT molecular complexity index is 1020. The van der Waals surface area contributed by atoms with E-state index in [0.717, 1.165) is 10.7 Å². The van der Waals surface area contributed by atoms with Crippen LogP contribution in [0.3, 0.4) is 0 Å². The van der Waals surface area contributed by atoms with Gasteiger partial charge in [-0.05, 0) is 18.1 Å². The monoisotopic (exact) mass is 381 g/mol. The Labute approximate surface area is 160 Å². The number of benzene rings is 1. The standard InChI is InChI=1S/C20H19N3OS2/c1-14-6-5-9-17(26-16-7-3-2-4-8-16)19(14)21-13-15-12-18(24)23-10-11-25-20(23)22-15/h2-12,14,19,21H,13H2,1H3/t14?,19-/m1/s1. The summed E-state index contributed by atoms with van der Waals surface area (Å²) in [5.41, 5.74) is 0.752. The van der Waals surface area contributed by atoms with Crippen molar-refractivity contribution < 1.29 is 0 Å². The summed E-state index contributed by atoms with van der Waals surface area (Å²) >= 11 is 3.26. The van der Waals surface area contributed by atoms with Crippen LogP contribution in [0.2, 0.25) is 0 Å². The summed E-state index contributed by atoms with van der Waals surface area (Å²) in [6, 6.07) is 12.2. The first-order chi connectivity index (χ1) is 12.7. The summed E-state index contributed by atoms with van der Waals surface area (Å²) in [5.74, 6) is 0.373. The molecule has 0 aliphatic heterocycles. The van der Waals surface area contributed by atoms with Crippen molar-refractivity contribution in [1.29, 1.82) is 0 Å². The molecular weight excluding hydrogens is 362 g/mol. The molecule has 132 valence electrons. The van der Waals surface area contributed by atoms with Crippen LogP contribution in [0.4, 0.5) is 0 Å². The fourth-order valence-corrected chi connectivity index (χ4v) is 4.88. The molecule has 6 heteroatoms. The molecule has 4 rings (SSSR count). The summed E-state index contributed by atoms with van der Waals surface area (Å²) in [6.45, 7) is 2.77. The Morgan fingerprint density at radius 3 is 3.00 bits per heavy atom. The van der Waals surface area contributed by atoms with Crippen LogP contribution in [0.5, 0.6) is 0 Å². The molecule has 0 radical (unpaired) electrons. The van der Waals surface area contributed by atoms with Gasteiger partial charge in [-0.2, -0.15) is 0 Å². The largest absolute Gasteiger partial charge is 0.303 e. The third-order valence-corrected chi connectivity index (χ3v) is 6.24. The van der Waals surface area contributed by atoms with Gasteiger partial charge in [-0.15, -0.1) is 11.3 Å². The number of thiazole rings is 1. The zero-order chi connectivity index (χ0) is 17.9. The van der Waals surface area contributed by atoms with Gasteiger partial charge in [-0.1, -0.05) is 55.1 Å². The molecule has 1 aliphatic carbocycles. The van der Waals surface area contributed by atoms with Crippen LogP contribution in [0.15, 0.2) is 80.8 Å². The topological polar surface area (TPSA) is 46.4 Å². The van der Waals surface area contributed by atoms with E-state index in [0.29, 0.717) is 12.5 Å². The maximum Gasteiger partial charge on any atom is 0.258 e. The number of nitrogens with zero attached hydrogens (tertiary/aromatic N) is 2. The molecule has 0 fully saturated rings. The van der Waals surface area contributed by atoms with Gasteiger partial charge in [-0.25, -0.2) is 4.98 Å². The fraction of sp³-hybridized carbons (Fsp3) is 0.200. The molecule has 0 saturated carbocycles. The molecule has 1 aliphatic rings. The normalized spacial score (nSPS) is 19.7. The summed E-state index contributed by atoms with van der Waals surface area (Å²) in [4.78, 5) is 20.0. The van der Waals surface area contributed by atoms with Crippen molar-refractivity contribution in [3.63, 3.8) is 0 Å². The molecule has 2 heterocycles. The average molecular weight is 382 g/mol. The van der Waals surface area contributed by atoms with Gasteiger partial charge in [0.1, 0.15) is 0 Å². The van der Waals surface area contributed by atoms with Crippen molar-refractivity contribution in [3.05, 3.63) is 87.2 Å². The second kappa shape index (κ2) is 7.61. The first-order valence-corrected chi connectivity index (χ1v) is 10.2. The van der Waals surface area contributed by atoms with Crippen LogP contribution in [-0.2, 0) is 6.54 Å². The minimum Gasteiger partial charge on any atom is -0.303 e. The number of rotatable bonds is 5. The van der Waals surface area contributed by atoms with E-state index < -0.39 is 0 Å². The molecule has 1 unspecified atom stereocenters. The lowest BCUT2D eigenvalue weighted by molar-refractivity contribution is 0.486. The Kier molecular flexibility index (Phi) is 5.06. The zero-order valence-corrected chi connectivity index (χ0v) is 16.0. The van der Waals surface area contributed by atoms with Crippen LogP contribution in [0.1, 0.15) is 12.6 Å². The van der Waals surface area contributed by atoms with Gasteiger partial charge in [0.05, 0.1) is 5.69 Å². The molecule has 1 N–H and O–H groups in total. The molecule has 0 bridgehead atoms. The third-order valence-electron chi connectivity index (χ3n) is 4.35. The number of fused-ring (bicyclic) bond motifs is 1. The highest BCUT2D eigenvalue weighted by atomic mass is 32.2. The van der Waals surface area contributed by atoms with E-state index >= 15 is 0 Å². The highest BCUT2D eigenvalue weighted by Crippen LogP contribution is 2.34. The van der Waals surface area contributed by atoms with Gasteiger partial charge in [0.25, 0.3) is 5.56 Å². The van der Waals surface area contributed by atoms with Gasteiger partial charge in [0, 0.05) is 40.0 Å². The van der Waals surface area contributed by atoms with Gasteiger partial charge < -0.3 is 5.32 Å². The summed E-state index contributed by atoms with van der Waals surface area (Å²) in [7, 11) is 0. The summed E-state index contributed by atoms with van der Waals surface area (Å²) < 4.78 is 1.58. The van der Waals surface area contributed by atoms with E-state index in [1.807, 2.05) is 11.4 Å². The molecule has 2 aromatic heterocycles. The number of thioether (sulfide) groups is 1. The Balaban J connectivity index is 1.52. The zero-order valence-electron chi connectivity index (χ0n) is 14.3. The molecule has 4 nitrogen and oxygen atoms in total. The Morgan fingerprint density at radius 1 is 1.31 bits per heavy atom. The SMILES string of the molecule is CC1C=CC=C(Sc2ccccc2)[C@@H]1NCc1cc(=O)n2ccsc2n1. The van der Waals surface area contributed by atoms with Crippen molar-refractivity contribution in [2.75, 3.05) is 0 Å². The van der Waals surface area contributed by atoms with E-state index in [9.17, 15) is 4.79 Å². The minimum atomic E-state index is -0.0286. The highest BCUT2D eigenvalue weighted by Gasteiger charge is 2.22. The molecule has 0 spiro atoms. The summed E-state index contributed by atoms with van der Waals surface area (Å²) in [6.07, 6.45) is 8.26. The Hall–Kier alpha value is -2.15.